The van der Waals surface area contributed by atoms with E-state index in [0.29, 0.717) is 17.9 Å². The second kappa shape index (κ2) is 12.6. The lowest BCUT2D eigenvalue weighted by molar-refractivity contribution is 0.175. The van der Waals surface area contributed by atoms with Crippen LogP contribution in [0.25, 0.3) is 16.5 Å². The molecule has 2 amide bonds. The van der Waals surface area contributed by atoms with E-state index in [0.717, 1.165) is 64.7 Å². The van der Waals surface area contributed by atoms with E-state index in [1.807, 2.05) is 11.0 Å². The molecule has 1 aromatic heterocycles. The number of allylic oxidation sites excluding steroid dienone is 5. The summed E-state index contributed by atoms with van der Waals surface area (Å²) in [5.74, 6) is 1.05. The first-order chi connectivity index (χ1) is 17.9. The highest BCUT2D eigenvalue weighted by molar-refractivity contribution is 5.92. The number of rotatable bonds is 8. The maximum Gasteiger partial charge on any atom is 0.317 e. The van der Waals surface area contributed by atoms with Crippen LogP contribution >= 0.6 is 0 Å². The molecule has 1 unspecified atom stereocenters. The highest BCUT2D eigenvalue weighted by Gasteiger charge is 2.26. The number of aromatic amines is 1. The fraction of sp³-hybridized carbons (Fsp3) is 0.531. The summed E-state index contributed by atoms with van der Waals surface area (Å²) in [6.45, 7) is 16.6. The molecule has 37 heavy (non-hydrogen) atoms. The molecule has 4 rings (SSSR count). The van der Waals surface area contributed by atoms with E-state index in [9.17, 15) is 4.79 Å². The van der Waals surface area contributed by atoms with Crippen molar-refractivity contribution in [1.82, 2.24) is 20.5 Å². The maximum absolute atomic E-state index is 12.8. The lowest BCUT2D eigenvalue weighted by atomic mass is 9.88. The fourth-order valence-electron chi connectivity index (χ4n) is 5.82. The van der Waals surface area contributed by atoms with Crippen molar-refractivity contribution in [2.45, 2.75) is 78.2 Å². The molecule has 1 aromatic carbocycles. The van der Waals surface area contributed by atoms with Gasteiger partial charge < -0.3 is 20.5 Å². The average molecular weight is 503 g/mol. The van der Waals surface area contributed by atoms with Gasteiger partial charge in [-0.2, -0.15) is 0 Å². The van der Waals surface area contributed by atoms with E-state index in [4.69, 9.17) is 0 Å². The molecule has 2 aliphatic heterocycles. The summed E-state index contributed by atoms with van der Waals surface area (Å²) in [5.41, 5.74) is 7.77. The Kier molecular flexibility index (Phi) is 9.31. The molecule has 0 saturated carbocycles. The van der Waals surface area contributed by atoms with Crippen LogP contribution in [-0.4, -0.2) is 48.1 Å². The minimum atomic E-state index is 0.117. The Labute approximate surface area is 223 Å². The van der Waals surface area contributed by atoms with Crippen molar-refractivity contribution in [3.05, 3.63) is 65.4 Å². The van der Waals surface area contributed by atoms with Gasteiger partial charge >= 0.3 is 6.03 Å². The zero-order chi connectivity index (χ0) is 26.4. The molecule has 0 spiro atoms. The molecule has 2 aromatic rings. The molecule has 2 aliphatic rings. The third-order valence-corrected chi connectivity index (χ3v) is 8.56. The topological polar surface area (TPSA) is 60.2 Å². The van der Waals surface area contributed by atoms with Gasteiger partial charge in [0.05, 0.1) is 0 Å². The minimum Gasteiger partial charge on any atom is -0.354 e. The SMILES string of the molecule is C=C/C=C(\C=C(\C)C(C)CC)c1[nH]c2ccc(C3CCN(C(=O)NC4CCNCC4)CC3)cc2c1CC. The van der Waals surface area contributed by atoms with E-state index < -0.39 is 0 Å². The van der Waals surface area contributed by atoms with Gasteiger partial charge in [-0.15, -0.1) is 0 Å². The lowest BCUT2D eigenvalue weighted by Crippen LogP contribution is -2.50. The summed E-state index contributed by atoms with van der Waals surface area (Å²) in [5, 5.41) is 7.94. The normalized spacial score (nSPS) is 19.3. The van der Waals surface area contributed by atoms with Gasteiger partial charge in [-0.3, -0.25) is 0 Å². The van der Waals surface area contributed by atoms with E-state index in [1.54, 1.807) is 0 Å². The number of urea groups is 1. The van der Waals surface area contributed by atoms with E-state index in [1.165, 1.54) is 38.9 Å². The van der Waals surface area contributed by atoms with Crippen molar-refractivity contribution < 1.29 is 4.79 Å². The Balaban J connectivity index is 1.51. The van der Waals surface area contributed by atoms with E-state index in [2.05, 4.69) is 80.2 Å². The average Bonchev–Trinajstić information content (AvgIpc) is 3.30. The number of aryl methyl sites for hydroxylation is 1. The van der Waals surface area contributed by atoms with E-state index >= 15 is 0 Å². The Hall–Kier alpha value is -2.79. The number of nitrogens with one attached hydrogen (secondary N) is 3. The molecule has 0 aliphatic carbocycles. The van der Waals surface area contributed by atoms with Crippen molar-refractivity contribution in [3.63, 3.8) is 0 Å². The molecule has 1 atom stereocenters. The van der Waals surface area contributed by atoms with Gasteiger partial charge in [0.1, 0.15) is 0 Å². The number of carbonyl (C=O) groups is 1. The van der Waals surface area contributed by atoms with Crippen LogP contribution in [0.5, 0.6) is 0 Å². The summed E-state index contributed by atoms with van der Waals surface area (Å²) >= 11 is 0. The first kappa shape index (κ1) is 27.3. The second-order valence-corrected chi connectivity index (χ2v) is 10.9. The molecule has 5 heteroatoms. The van der Waals surface area contributed by atoms with Crippen LogP contribution in [-0.2, 0) is 6.42 Å². The molecular formula is C32H46N4O. The second-order valence-electron chi connectivity index (χ2n) is 10.9. The predicted octanol–water partition coefficient (Wildman–Crippen LogP) is 6.93. The molecule has 2 fully saturated rings. The highest BCUT2D eigenvalue weighted by Crippen LogP contribution is 2.35. The lowest BCUT2D eigenvalue weighted by Gasteiger charge is -2.34. The predicted molar refractivity (Wildman–Crippen MR) is 157 cm³/mol. The third kappa shape index (κ3) is 6.38. The van der Waals surface area contributed by atoms with Gasteiger partial charge in [0.2, 0.25) is 0 Å². The van der Waals surface area contributed by atoms with Gasteiger partial charge in [-0.1, -0.05) is 57.2 Å². The molecule has 5 nitrogen and oxygen atoms in total. The number of piperidine rings is 2. The Morgan fingerprint density at radius 2 is 1.92 bits per heavy atom. The molecule has 2 saturated heterocycles. The highest BCUT2D eigenvalue weighted by atomic mass is 16.2. The number of carbonyl (C=O) groups excluding carboxylic acids is 1. The quantitative estimate of drug-likeness (QED) is 0.343. The summed E-state index contributed by atoms with van der Waals surface area (Å²) in [6.07, 6.45) is 12.5. The molecule has 200 valence electrons. The van der Waals surface area contributed by atoms with Crippen molar-refractivity contribution in [3.8, 4) is 0 Å². The number of fused-ring (bicyclic) bond motifs is 1. The first-order valence-electron chi connectivity index (χ1n) is 14.4. The molecule has 0 bridgehead atoms. The number of amides is 2. The van der Waals surface area contributed by atoms with Crippen LogP contribution in [0.4, 0.5) is 4.79 Å². The van der Waals surface area contributed by atoms with Crippen molar-refractivity contribution in [1.29, 1.82) is 0 Å². The van der Waals surface area contributed by atoms with Crippen LogP contribution in [0.1, 0.15) is 82.5 Å². The number of nitrogens with zero attached hydrogens (tertiary/aromatic N) is 1. The largest absolute Gasteiger partial charge is 0.354 e. The van der Waals surface area contributed by atoms with Gasteiger partial charge in [-0.05, 0) is 99.2 Å². The van der Waals surface area contributed by atoms with Crippen LogP contribution < -0.4 is 10.6 Å². The summed E-state index contributed by atoms with van der Waals surface area (Å²) in [7, 11) is 0. The zero-order valence-corrected chi connectivity index (χ0v) is 23.3. The molecule has 0 radical (unpaired) electrons. The van der Waals surface area contributed by atoms with Crippen molar-refractivity contribution >= 4 is 22.5 Å². The standard InChI is InChI=1S/C32H46N4O/c1-6-9-26(20-23(5)22(4)7-2)31-28(8-3)29-21-25(10-11-30(29)35-31)24-14-18-36(19-15-24)32(37)34-27-12-16-33-17-13-27/h6,9-11,20-22,24,27,33,35H,1,7-8,12-19H2,2-5H3,(H,34,37)/b23-20-,26-9+. The third-order valence-electron chi connectivity index (χ3n) is 8.56. The fourth-order valence-corrected chi connectivity index (χ4v) is 5.82. The van der Waals surface area contributed by atoms with Crippen molar-refractivity contribution in [2.75, 3.05) is 26.2 Å². The maximum atomic E-state index is 12.8. The molecule has 3 heterocycles. The molecule has 3 N–H and O–H groups in total. The van der Waals surface area contributed by atoms with Crippen LogP contribution in [0.2, 0.25) is 0 Å². The van der Waals surface area contributed by atoms with Crippen LogP contribution in [0.3, 0.4) is 0 Å². The number of H-pyrrole nitrogens is 1. The smallest absolute Gasteiger partial charge is 0.317 e. The Morgan fingerprint density at radius 3 is 2.57 bits per heavy atom. The van der Waals surface area contributed by atoms with Gasteiger partial charge in [0.15, 0.2) is 0 Å². The van der Waals surface area contributed by atoms with Gasteiger partial charge in [0, 0.05) is 35.7 Å². The van der Waals surface area contributed by atoms with E-state index in [-0.39, 0.29) is 6.03 Å². The zero-order valence-electron chi connectivity index (χ0n) is 23.3. The monoisotopic (exact) mass is 502 g/mol. The van der Waals surface area contributed by atoms with Crippen LogP contribution in [0, 0.1) is 5.92 Å². The molecular weight excluding hydrogens is 456 g/mol. The number of hydrogen-bond acceptors (Lipinski definition) is 2. The number of likely N-dealkylation sites (tertiary alicyclic amines) is 1. The van der Waals surface area contributed by atoms with Gasteiger partial charge in [0.25, 0.3) is 0 Å². The number of benzene rings is 1. The Bertz CT molecular complexity index is 1140. The van der Waals surface area contributed by atoms with Crippen LogP contribution in [0.15, 0.2) is 48.6 Å². The summed E-state index contributed by atoms with van der Waals surface area (Å²) < 4.78 is 0. The number of hydrogen-bond donors (Lipinski definition) is 3. The first-order valence-corrected chi connectivity index (χ1v) is 14.4. The Morgan fingerprint density at radius 1 is 1.19 bits per heavy atom. The van der Waals surface area contributed by atoms with Crippen molar-refractivity contribution in [2.24, 2.45) is 5.92 Å². The minimum absolute atomic E-state index is 0.117. The van der Waals surface area contributed by atoms with Gasteiger partial charge in [-0.25, -0.2) is 4.79 Å². The summed E-state index contributed by atoms with van der Waals surface area (Å²) in [4.78, 5) is 18.5. The summed E-state index contributed by atoms with van der Waals surface area (Å²) in [6, 6.07) is 7.37. The number of aromatic nitrogens is 1.